The van der Waals surface area contributed by atoms with Crippen molar-refractivity contribution in [3.8, 4) is 17.4 Å². The maximum atomic E-state index is 15.7. The molecule has 2 aromatic heterocycles. The monoisotopic (exact) mass is 538 g/mol. The molecule has 1 amide bonds. The summed E-state index contributed by atoms with van der Waals surface area (Å²) in [5.74, 6) is -0.939. The number of aliphatic hydroxyl groups excluding tert-OH is 1. The summed E-state index contributed by atoms with van der Waals surface area (Å²) in [7, 11) is 1.39. The van der Waals surface area contributed by atoms with Gasteiger partial charge in [-0.15, -0.1) is 9.78 Å². The highest BCUT2D eigenvalue weighted by molar-refractivity contribution is 6.02. The number of aliphatic imine (C=N–C) groups is 1. The van der Waals surface area contributed by atoms with Gasteiger partial charge in [0.25, 0.3) is 5.95 Å². The molecule has 0 aliphatic heterocycles. The molecule has 0 spiro atoms. The van der Waals surface area contributed by atoms with Gasteiger partial charge in [-0.05, 0) is 36.4 Å². The predicted molar refractivity (Wildman–Crippen MR) is 136 cm³/mol. The first-order chi connectivity index (χ1) is 18.8. The number of carboxylic acid groups (broad SMARTS) is 1. The molecule has 39 heavy (non-hydrogen) atoms. The fourth-order valence-corrected chi connectivity index (χ4v) is 3.55. The number of nitrogens with zero attached hydrogens (tertiary/aromatic N) is 5. The number of nitrogens with one attached hydrogen (secondary N) is 2. The highest BCUT2D eigenvalue weighted by Crippen LogP contribution is 2.35. The van der Waals surface area contributed by atoms with Gasteiger partial charge in [-0.2, -0.15) is 4.99 Å². The summed E-state index contributed by atoms with van der Waals surface area (Å²) in [4.78, 5) is 37.5. The van der Waals surface area contributed by atoms with Crippen LogP contribution in [0.25, 0.3) is 5.95 Å². The van der Waals surface area contributed by atoms with Gasteiger partial charge in [0.1, 0.15) is 24.2 Å². The Morgan fingerprint density at radius 1 is 1.26 bits per heavy atom. The number of aliphatic hydroxyl groups is 1. The van der Waals surface area contributed by atoms with Crippen molar-refractivity contribution in [2.24, 2.45) is 10.7 Å². The van der Waals surface area contributed by atoms with Crippen LogP contribution in [0.15, 0.2) is 64.6 Å². The second-order valence-electron chi connectivity index (χ2n) is 7.81. The van der Waals surface area contributed by atoms with Crippen molar-refractivity contribution in [1.29, 1.82) is 0 Å². The van der Waals surface area contributed by atoms with Crippen LogP contribution in [0, 0.1) is 5.82 Å². The molecule has 0 aliphatic carbocycles. The lowest BCUT2D eigenvalue weighted by Crippen LogP contribution is -2.18. The van der Waals surface area contributed by atoms with E-state index in [-0.39, 0.29) is 47.9 Å². The Hall–Kier alpha value is -5.31. The Labute approximate surface area is 219 Å². The second kappa shape index (κ2) is 11.8. The molecule has 4 rings (SSSR count). The largest absolute Gasteiger partial charge is 0.497 e. The van der Waals surface area contributed by atoms with Gasteiger partial charge in [0, 0.05) is 35.3 Å². The summed E-state index contributed by atoms with van der Waals surface area (Å²) < 4.78 is 27.3. The molecular weight excluding hydrogens is 515 g/mol. The van der Waals surface area contributed by atoms with E-state index in [4.69, 9.17) is 25.4 Å². The van der Waals surface area contributed by atoms with Crippen LogP contribution in [0.4, 0.5) is 14.9 Å². The van der Waals surface area contributed by atoms with E-state index in [0.717, 1.165) is 4.68 Å². The topological polar surface area (TPSA) is 203 Å². The third-order valence-corrected chi connectivity index (χ3v) is 5.29. The third kappa shape index (κ3) is 6.16. The van der Waals surface area contributed by atoms with Gasteiger partial charge in [-0.3, -0.25) is 4.98 Å². The van der Waals surface area contributed by atoms with E-state index in [1.807, 2.05) is 0 Å². The number of aromatic nitrogens is 5. The molecule has 0 saturated heterocycles. The van der Waals surface area contributed by atoms with Crippen molar-refractivity contribution in [2.75, 3.05) is 25.6 Å². The average Bonchev–Trinajstić information content (AvgIpc) is 3.33. The number of anilines is 1. The fraction of sp³-hybridized carbons (Fsp3) is 0.167. The molecule has 2 aromatic carbocycles. The molecule has 0 unspecified atom stereocenters. The third-order valence-electron chi connectivity index (χ3n) is 5.29. The van der Waals surface area contributed by atoms with Crippen LogP contribution < -0.4 is 26.2 Å². The fourth-order valence-electron chi connectivity index (χ4n) is 3.55. The summed E-state index contributed by atoms with van der Waals surface area (Å²) in [6.07, 6.45) is 1.43. The molecule has 0 radical (unpaired) electrons. The Morgan fingerprint density at radius 2 is 1.97 bits per heavy atom. The van der Waals surface area contributed by atoms with Gasteiger partial charge in [0.05, 0.1) is 13.7 Å². The minimum atomic E-state index is -1.44. The second-order valence-corrected chi connectivity index (χ2v) is 7.81. The standard InChI is InChI=1S/C24H23FN8O6/c1-38-15-11-16(18(25)17(12-15)39-10-9-34)19(21-31-23(35)33(32-21)22-27-7-2-8-28-22)29-14-5-3-13(4-6-14)20(26)30-24(36)37/h2-8,11-12,19,29,34H,9-10H2,1H3,(H2,26,30)(H,36,37)(H,31,32,35)/t19-/m0/s1. The lowest BCUT2D eigenvalue weighted by Gasteiger charge is -2.21. The van der Waals surface area contributed by atoms with E-state index in [9.17, 15) is 9.59 Å². The molecule has 0 saturated carbocycles. The van der Waals surface area contributed by atoms with E-state index in [1.54, 1.807) is 18.2 Å². The Balaban J connectivity index is 1.81. The molecule has 0 bridgehead atoms. The highest BCUT2D eigenvalue weighted by atomic mass is 19.1. The van der Waals surface area contributed by atoms with E-state index in [0.29, 0.717) is 11.3 Å². The molecule has 6 N–H and O–H groups in total. The van der Waals surface area contributed by atoms with Gasteiger partial charge in [-0.25, -0.2) is 23.9 Å². The van der Waals surface area contributed by atoms with Crippen LogP contribution in [0.2, 0.25) is 0 Å². The Morgan fingerprint density at radius 3 is 2.62 bits per heavy atom. The number of hydrogen-bond acceptors (Lipinski definition) is 9. The van der Waals surface area contributed by atoms with Crippen LogP contribution in [0.5, 0.6) is 11.5 Å². The number of aromatic amines is 1. The van der Waals surface area contributed by atoms with E-state index in [1.165, 1.54) is 43.8 Å². The van der Waals surface area contributed by atoms with Crippen LogP contribution in [-0.4, -0.2) is 67.2 Å². The lowest BCUT2D eigenvalue weighted by atomic mass is 10.0. The Kier molecular flexibility index (Phi) is 8.11. The molecule has 202 valence electrons. The van der Waals surface area contributed by atoms with E-state index < -0.39 is 23.6 Å². The van der Waals surface area contributed by atoms with E-state index >= 15 is 4.39 Å². The van der Waals surface area contributed by atoms with Crippen molar-refractivity contribution in [3.63, 3.8) is 0 Å². The molecular formula is C24H23FN8O6. The van der Waals surface area contributed by atoms with Crippen molar-refractivity contribution in [3.05, 3.63) is 88.1 Å². The summed E-state index contributed by atoms with van der Waals surface area (Å²) >= 11 is 0. The molecule has 0 aliphatic rings. The summed E-state index contributed by atoms with van der Waals surface area (Å²) in [5.41, 5.74) is 5.79. The minimum absolute atomic E-state index is 0.000576. The van der Waals surface area contributed by atoms with Crippen LogP contribution in [-0.2, 0) is 0 Å². The first-order valence-corrected chi connectivity index (χ1v) is 11.3. The number of H-pyrrole nitrogens is 1. The van der Waals surface area contributed by atoms with Gasteiger partial charge >= 0.3 is 11.8 Å². The zero-order valence-electron chi connectivity index (χ0n) is 20.4. The number of amidine groups is 1. The number of hydrogen-bond donors (Lipinski definition) is 5. The molecule has 14 nitrogen and oxygen atoms in total. The molecule has 2 heterocycles. The van der Waals surface area contributed by atoms with Crippen molar-refractivity contribution in [1.82, 2.24) is 24.7 Å². The van der Waals surface area contributed by atoms with Crippen molar-refractivity contribution < 1.29 is 28.9 Å². The maximum absolute atomic E-state index is 15.7. The van der Waals surface area contributed by atoms with Crippen LogP contribution in [0.3, 0.4) is 0 Å². The Bertz CT molecular complexity index is 1540. The first-order valence-electron chi connectivity index (χ1n) is 11.3. The SMILES string of the molecule is COc1cc(OCCO)c(F)c([C@H](Nc2ccc(C(N)=NC(=O)O)cc2)c2nn(-c3ncccn3)c(=O)[nH]2)c1. The van der Waals surface area contributed by atoms with E-state index in [2.05, 4.69) is 30.4 Å². The van der Waals surface area contributed by atoms with Crippen molar-refractivity contribution in [2.45, 2.75) is 6.04 Å². The highest BCUT2D eigenvalue weighted by Gasteiger charge is 2.27. The molecule has 0 fully saturated rings. The minimum Gasteiger partial charge on any atom is -0.497 e. The number of methoxy groups -OCH3 is 1. The maximum Gasteiger partial charge on any atom is 0.433 e. The summed E-state index contributed by atoms with van der Waals surface area (Å²) in [5, 5.41) is 25.4. The van der Waals surface area contributed by atoms with Crippen LogP contribution in [0.1, 0.15) is 23.0 Å². The number of halogens is 1. The summed E-state index contributed by atoms with van der Waals surface area (Å²) in [6.45, 7) is -0.512. The quantitative estimate of drug-likeness (QED) is 0.144. The molecule has 4 aromatic rings. The average molecular weight is 538 g/mol. The smallest absolute Gasteiger partial charge is 0.433 e. The van der Waals surface area contributed by atoms with Gasteiger partial charge < -0.3 is 30.7 Å². The number of nitrogens with two attached hydrogens (primary N) is 1. The predicted octanol–water partition coefficient (Wildman–Crippen LogP) is 1.45. The zero-order valence-corrected chi connectivity index (χ0v) is 20.4. The zero-order chi connectivity index (χ0) is 27.9. The van der Waals surface area contributed by atoms with Gasteiger partial charge in [-0.1, -0.05) is 0 Å². The normalized spacial score (nSPS) is 12.1. The van der Waals surface area contributed by atoms with Gasteiger partial charge in [0.15, 0.2) is 17.4 Å². The van der Waals surface area contributed by atoms with Crippen molar-refractivity contribution >= 4 is 17.6 Å². The summed E-state index contributed by atoms with van der Waals surface area (Å²) in [6, 6.07) is 9.34. The van der Waals surface area contributed by atoms with Gasteiger partial charge in [0.2, 0.25) is 0 Å². The van der Waals surface area contributed by atoms with Crippen LogP contribution >= 0.6 is 0 Å². The number of carbonyl (C=O) groups is 1. The first kappa shape index (κ1) is 26.7. The number of ether oxygens (including phenoxy) is 2. The number of benzene rings is 2. The number of amides is 1. The molecule has 1 atom stereocenters. The molecule has 15 heteroatoms. The lowest BCUT2D eigenvalue weighted by molar-refractivity contribution is 0.195. The number of rotatable bonds is 10.